The highest BCUT2D eigenvalue weighted by Crippen LogP contribution is 2.24. The average Bonchev–Trinajstić information content (AvgIpc) is 2.73. The summed E-state index contributed by atoms with van der Waals surface area (Å²) in [6.07, 6.45) is 3.55. The number of nitro groups is 1. The molecule has 1 aromatic carbocycles. The summed E-state index contributed by atoms with van der Waals surface area (Å²) in [4.78, 5) is 14.3. The third kappa shape index (κ3) is 2.40. The molecule has 94 valence electrons. The highest BCUT2D eigenvalue weighted by atomic mass is 16.6. The third-order valence-corrected chi connectivity index (χ3v) is 2.60. The highest BCUT2D eigenvalue weighted by Gasteiger charge is 2.08. The van der Waals surface area contributed by atoms with Crippen molar-refractivity contribution in [1.82, 2.24) is 9.55 Å². The molecule has 0 amide bonds. The van der Waals surface area contributed by atoms with Crippen molar-refractivity contribution in [3.8, 4) is 0 Å². The first-order valence-corrected chi connectivity index (χ1v) is 5.32. The van der Waals surface area contributed by atoms with E-state index in [4.69, 9.17) is 5.73 Å². The number of hydrogen-bond acceptors (Lipinski definition) is 5. The predicted molar refractivity (Wildman–Crippen MR) is 68.0 cm³/mol. The molecule has 2 rings (SSSR count). The van der Waals surface area contributed by atoms with Crippen molar-refractivity contribution in [2.24, 2.45) is 7.05 Å². The molecule has 0 saturated heterocycles. The number of hydrogen-bond donors (Lipinski definition) is 2. The van der Waals surface area contributed by atoms with Gasteiger partial charge in [-0.25, -0.2) is 4.98 Å². The molecule has 1 heterocycles. The van der Waals surface area contributed by atoms with E-state index in [1.807, 2.05) is 17.8 Å². The van der Waals surface area contributed by atoms with Crippen LogP contribution in [0, 0.1) is 10.1 Å². The van der Waals surface area contributed by atoms with Crippen molar-refractivity contribution in [2.45, 2.75) is 6.54 Å². The first kappa shape index (κ1) is 11.9. The number of benzene rings is 1. The summed E-state index contributed by atoms with van der Waals surface area (Å²) in [6.45, 7) is 0.505. The molecule has 0 fully saturated rings. The molecule has 2 aromatic rings. The molecule has 0 aliphatic rings. The Morgan fingerprint density at radius 1 is 1.56 bits per heavy atom. The van der Waals surface area contributed by atoms with Gasteiger partial charge in [-0.3, -0.25) is 10.1 Å². The molecular formula is C11H13N5O2. The van der Waals surface area contributed by atoms with Gasteiger partial charge in [0.15, 0.2) is 0 Å². The van der Waals surface area contributed by atoms with Gasteiger partial charge in [0.25, 0.3) is 5.69 Å². The Morgan fingerprint density at radius 3 is 2.89 bits per heavy atom. The predicted octanol–water partition coefficient (Wildman–Crippen LogP) is 1.52. The molecule has 0 spiro atoms. The Bertz CT molecular complexity index is 579. The summed E-state index contributed by atoms with van der Waals surface area (Å²) in [5.74, 6) is 0.854. The van der Waals surface area contributed by atoms with Crippen LogP contribution in [0.4, 0.5) is 17.1 Å². The second kappa shape index (κ2) is 4.74. The zero-order chi connectivity index (χ0) is 13.1. The Labute approximate surface area is 103 Å². The van der Waals surface area contributed by atoms with Crippen LogP contribution in [0.5, 0.6) is 0 Å². The van der Waals surface area contributed by atoms with Crippen molar-refractivity contribution in [1.29, 1.82) is 0 Å². The largest absolute Gasteiger partial charge is 0.397 e. The van der Waals surface area contributed by atoms with Crippen molar-refractivity contribution in [2.75, 3.05) is 11.1 Å². The molecule has 0 radical (unpaired) electrons. The number of non-ortho nitro benzene ring substituents is 1. The lowest BCUT2D eigenvalue weighted by Crippen LogP contribution is -2.07. The Hall–Kier alpha value is -2.57. The van der Waals surface area contributed by atoms with Crippen LogP contribution in [0.15, 0.2) is 30.6 Å². The SMILES string of the molecule is Cn1ccnc1CNc1ccc([N+](=O)[O-])cc1N. The molecule has 0 unspecified atom stereocenters. The van der Waals surface area contributed by atoms with Crippen molar-refractivity contribution in [3.63, 3.8) is 0 Å². The molecule has 18 heavy (non-hydrogen) atoms. The van der Waals surface area contributed by atoms with E-state index in [1.165, 1.54) is 12.1 Å². The van der Waals surface area contributed by atoms with Crippen LogP contribution in [-0.4, -0.2) is 14.5 Å². The van der Waals surface area contributed by atoms with Gasteiger partial charge in [-0.05, 0) is 6.07 Å². The second-order valence-corrected chi connectivity index (χ2v) is 3.84. The van der Waals surface area contributed by atoms with Crippen LogP contribution in [-0.2, 0) is 13.6 Å². The van der Waals surface area contributed by atoms with Crippen molar-refractivity contribution < 1.29 is 4.92 Å². The van der Waals surface area contributed by atoms with Crippen molar-refractivity contribution in [3.05, 3.63) is 46.5 Å². The fourth-order valence-corrected chi connectivity index (χ4v) is 1.57. The fraction of sp³-hybridized carbons (Fsp3) is 0.182. The first-order valence-electron chi connectivity index (χ1n) is 5.32. The quantitative estimate of drug-likeness (QED) is 0.485. The minimum Gasteiger partial charge on any atom is -0.397 e. The number of nitrogen functional groups attached to an aromatic ring is 1. The maximum absolute atomic E-state index is 10.6. The molecule has 3 N–H and O–H groups in total. The number of rotatable bonds is 4. The number of nitro benzene ring substituents is 1. The van der Waals surface area contributed by atoms with Crippen LogP contribution in [0.1, 0.15) is 5.82 Å². The number of imidazole rings is 1. The average molecular weight is 247 g/mol. The highest BCUT2D eigenvalue weighted by molar-refractivity contribution is 5.69. The summed E-state index contributed by atoms with van der Waals surface area (Å²) >= 11 is 0. The maximum Gasteiger partial charge on any atom is 0.271 e. The summed E-state index contributed by atoms with van der Waals surface area (Å²) in [7, 11) is 1.89. The monoisotopic (exact) mass is 247 g/mol. The van der Waals surface area contributed by atoms with Gasteiger partial charge in [-0.15, -0.1) is 0 Å². The van der Waals surface area contributed by atoms with E-state index in [0.717, 1.165) is 5.82 Å². The van der Waals surface area contributed by atoms with Gasteiger partial charge < -0.3 is 15.6 Å². The van der Waals surface area contributed by atoms with Crippen LogP contribution < -0.4 is 11.1 Å². The topological polar surface area (TPSA) is 99.0 Å². The van der Waals surface area contributed by atoms with E-state index in [2.05, 4.69) is 10.3 Å². The van der Waals surface area contributed by atoms with E-state index >= 15 is 0 Å². The van der Waals surface area contributed by atoms with Gasteiger partial charge in [0.05, 0.1) is 22.8 Å². The lowest BCUT2D eigenvalue weighted by molar-refractivity contribution is -0.384. The van der Waals surface area contributed by atoms with E-state index in [1.54, 1.807) is 12.3 Å². The van der Waals surface area contributed by atoms with Gasteiger partial charge in [-0.1, -0.05) is 0 Å². The summed E-state index contributed by atoms with van der Waals surface area (Å²) < 4.78 is 1.88. The molecule has 1 aromatic heterocycles. The molecule has 7 heteroatoms. The number of nitrogens with zero attached hydrogens (tertiary/aromatic N) is 3. The number of anilines is 2. The summed E-state index contributed by atoms with van der Waals surface area (Å²) in [6, 6.07) is 4.34. The van der Waals surface area contributed by atoms with E-state index in [0.29, 0.717) is 17.9 Å². The molecular weight excluding hydrogens is 234 g/mol. The first-order chi connectivity index (χ1) is 8.58. The van der Waals surface area contributed by atoms with E-state index in [9.17, 15) is 10.1 Å². The smallest absolute Gasteiger partial charge is 0.271 e. The van der Waals surface area contributed by atoms with Gasteiger partial charge in [0, 0.05) is 31.6 Å². The fourth-order valence-electron chi connectivity index (χ4n) is 1.57. The molecule has 0 aliphatic carbocycles. The van der Waals surface area contributed by atoms with Gasteiger partial charge in [-0.2, -0.15) is 0 Å². The molecule has 0 aliphatic heterocycles. The van der Waals surface area contributed by atoms with Crippen LogP contribution in [0.3, 0.4) is 0 Å². The Morgan fingerprint density at radius 2 is 2.33 bits per heavy atom. The molecule has 0 saturated carbocycles. The number of nitrogens with one attached hydrogen (secondary N) is 1. The molecule has 0 atom stereocenters. The van der Waals surface area contributed by atoms with Crippen LogP contribution in [0.2, 0.25) is 0 Å². The van der Waals surface area contributed by atoms with Gasteiger partial charge >= 0.3 is 0 Å². The summed E-state index contributed by atoms with van der Waals surface area (Å²) in [5.41, 5.74) is 6.73. The second-order valence-electron chi connectivity index (χ2n) is 3.84. The normalized spacial score (nSPS) is 10.3. The number of nitrogens with two attached hydrogens (primary N) is 1. The van der Waals surface area contributed by atoms with E-state index < -0.39 is 4.92 Å². The number of aryl methyl sites for hydroxylation is 1. The molecule has 0 bridgehead atoms. The standard InChI is InChI=1S/C11H13N5O2/c1-15-5-4-13-11(15)7-14-10-3-2-8(16(17)18)6-9(10)12/h2-6,14H,7,12H2,1H3. The zero-order valence-electron chi connectivity index (χ0n) is 9.83. The maximum atomic E-state index is 10.6. The van der Waals surface area contributed by atoms with E-state index in [-0.39, 0.29) is 5.69 Å². The van der Waals surface area contributed by atoms with Gasteiger partial charge in [0.2, 0.25) is 0 Å². The lowest BCUT2D eigenvalue weighted by atomic mass is 10.2. The van der Waals surface area contributed by atoms with Crippen LogP contribution >= 0.6 is 0 Å². The lowest BCUT2D eigenvalue weighted by Gasteiger charge is -2.08. The minimum atomic E-state index is -0.473. The number of aromatic nitrogens is 2. The van der Waals surface area contributed by atoms with Crippen molar-refractivity contribution >= 4 is 17.1 Å². The Balaban J connectivity index is 2.11. The van der Waals surface area contributed by atoms with Crippen LogP contribution in [0.25, 0.3) is 0 Å². The minimum absolute atomic E-state index is 0.0185. The van der Waals surface area contributed by atoms with Gasteiger partial charge in [0.1, 0.15) is 5.82 Å². The Kier molecular flexibility index (Phi) is 3.13. The third-order valence-electron chi connectivity index (χ3n) is 2.60. The summed E-state index contributed by atoms with van der Waals surface area (Å²) in [5, 5.41) is 13.7. The zero-order valence-corrected chi connectivity index (χ0v) is 9.83. The molecule has 7 nitrogen and oxygen atoms in total.